The summed E-state index contributed by atoms with van der Waals surface area (Å²) in [4.78, 5) is 18.2. The first-order valence-electron chi connectivity index (χ1n) is 11.3. The number of hydrogen-bond donors (Lipinski definition) is 2. The van der Waals surface area contributed by atoms with Crippen molar-refractivity contribution < 1.29 is 19.0 Å². The minimum atomic E-state index is -0.256. The monoisotopic (exact) mass is 560 g/mol. The van der Waals surface area contributed by atoms with Crippen molar-refractivity contribution in [3.05, 3.63) is 23.8 Å². The minimum Gasteiger partial charge on any atom is -0.497 e. The average Bonchev–Trinajstić information content (AvgIpc) is 3.31. The smallest absolute Gasteiger partial charge is 0.409 e. The van der Waals surface area contributed by atoms with Crippen molar-refractivity contribution in [1.82, 2.24) is 15.5 Å². The summed E-state index contributed by atoms with van der Waals surface area (Å²) >= 11 is 0. The van der Waals surface area contributed by atoms with E-state index in [-0.39, 0.29) is 42.2 Å². The van der Waals surface area contributed by atoms with Crippen LogP contribution in [-0.2, 0) is 11.3 Å². The molecule has 3 rings (SSSR count). The van der Waals surface area contributed by atoms with Crippen LogP contribution in [0.2, 0.25) is 0 Å². The first-order valence-corrected chi connectivity index (χ1v) is 11.3. The molecule has 0 radical (unpaired) electrons. The number of rotatable bonds is 7. The molecule has 2 aliphatic rings. The Hall–Kier alpha value is -1.91. The number of methoxy groups -OCH3 is 2. The zero-order chi connectivity index (χ0) is 22.1. The maximum atomic E-state index is 11.7. The number of halogens is 1. The number of guanidine groups is 1. The lowest BCUT2D eigenvalue weighted by Crippen LogP contribution is -2.49. The molecule has 32 heavy (non-hydrogen) atoms. The molecule has 2 fully saturated rings. The van der Waals surface area contributed by atoms with Gasteiger partial charge in [0.1, 0.15) is 11.5 Å². The van der Waals surface area contributed by atoms with Gasteiger partial charge in [0.15, 0.2) is 5.96 Å². The lowest BCUT2D eigenvalue weighted by molar-refractivity contribution is 0.111. The fraction of sp³-hybridized carbons (Fsp3) is 0.652. The van der Waals surface area contributed by atoms with Crippen molar-refractivity contribution in [3.63, 3.8) is 0 Å². The molecule has 180 valence electrons. The maximum absolute atomic E-state index is 11.7. The average molecular weight is 560 g/mol. The second-order valence-electron chi connectivity index (χ2n) is 8.07. The Bertz CT molecular complexity index is 748. The summed E-state index contributed by atoms with van der Waals surface area (Å²) in [6.07, 6.45) is 6.41. The third-order valence-corrected chi connectivity index (χ3v) is 5.89. The predicted octanol–water partition coefficient (Wildman–Crippen LogP) is 3.92. The maximum Gasteiger partial charge on any atom is 0.409 e. The Kier molecular flexibility index (Phi) is 11.2. The predicted molar refractivity (Wildman–Crippen MR) is 136 cm³/mol. The van der Waals surface area contributed by atoms with Crippen LogP contribution in [0.1, 0.15) is 51.0 Å². The molecule has 2 N–H and O–H groups in total. The summed E-state index contributed by atoms with van der Waals surface area (Å²) in [5, 5.41) is 6.84. The van der Waals surface area contributed by atoms with Gasteiger partial charge >= 0.3 is 6.09 Å². The summed E-state index contributed by atoms with van der Waals surface area (Å²) in [7, 11) is 3.09. The highest BCUT2D eigenvalue weighted by Crippen LogP contribution is 2.30. The first-order chi connectivity index (χ1) is 15.1. The van der Waals surface area contributed by atoms with Crippen LogP contribution in [0.15, 0.2) is 23.2 Å². The largest absolute Gasteiger partial charge is 0.497 e. The zero-order valence-electron chi connectivity index (χ0n) is 19.4. The fourth-order valence-electron chi connectivity index (χ4n) is 4.10. The van der Waals surface area contributed by atoms with E-state index in [1.165, 1.54) is 20.0 Å². The van der Waals surface area contributed by atoms with Gasteiger partial charge in [-0.05, 0) is 57.6 Å². The van der Waals surface area contributed by atoms with E-state index in [2.05, 4.69) is 17.6 Å². The molecule has 1 aromatic rings. The number of likely N-dealkylation sites (tertiary alicyclic amines) is 1. The van der Waals surface area contributed by atoms with Crippen molar-refractivity contribution >= 4 is 36.0 Å². The van der Waals surface area contributed by atoms with E-state index < -0.39 is 0 Å². The van der Waals surface area contributed by atoms with Gasteiger partial charge in [0.2, 0.25) is 0 Å². The van der Waals surface area contributed by atoms with Gasteiger partial charge in [0, 0.05) is 37.3 Å². The molecule has 1 amide bonds. The molecule has 8 nitrogen and oxygen atoms in total. The van der Waals surface area contributed by atoms with Crippen molar-refractivity contribution in [1.29, 1.82) is 0 Å². The third kappa shape index (κ3) is 7.60. The Morgan fingerprint density at radius 1 is 1.16 bits per heavy atom. The molecular weight excluding hydrogens is 523 g/mol. The second-order valence-corrected chi connectivity index (χ2v) is 8.07. The van der Waals surface area contributed by atoms with Crippen molar-refractivity contribution in [2.24, 2.45) is 4.99 Å². The van der Waals surface area contributed by atoms with Crippen molar-refractivity contribution in [3.8, 4) is 11.5 Å². The van der Waals surface area contributed by atoms with E-state index in [1.807, 2.05) is 18.2 Å². The van der Waals surface area contributed by atoms with Gasteiger partial charge in [0.25, 0.3) is 0 Å². The molecule has 0 unspecified atom stereocenters. The zero-order valence-corrected chi connectivity index (χ0v) is 21.7. The van der Waals surface area contributed by atoms with E-state index >= 15 is 0 Å². The number of hydrogen-bond acceptors (Lipinski definition) is 5. The lowest BCUT2D eigenvalue weighted by Gasteiger charge is -2.32. The van der Waals surface area contributed by atoms with Crippen LogP contribution in [0.25, 0.3) is 0 Å². The van der Waals surface area contributed by atoms with E-state index in [4.69, 9.17) is 19.2 Å². The van der Waals surface area contributed by atoms with Crippen molar-refractivity contribution in [2.75, 3.05) is 33.9 Å². The number of benzene rings is 1. The van der Waals surface area contributed by atoms with Crippen LogP contribution < -0.4 is 20.1 Å². The quantitative estimate of drug-likeness (QED) is 0.299. The van der Waals surface area contributed by atoms with Crippen LogP contribution in [0.4, 0.5) is 4.79 Å². The van der Waals surface area contributed by atoms with Gasteiger partial charge in [-0.15, -0.1) is 24.0 Å². The molecule has 1 aliphatic carbocycles. The van der Waals surface area contributed by atoms with Gasteiger partial charge in [0.05, 0.1) is 26.9 Å². The molecule has 1 aliphatic heterocycles. The summed E-state index contributed by atoms with van der Waals surface area (Å²) in [5.41, 5.74) is 1.05. The molecule has 1 saturated heterocycles. The molecule has 0 atom stereocenters. The number of nitrogens with one attached hydrogen (secondary N) is 2. The third-order valence-electron chi connectivity index (χ3n) is 5.89. The number of ether oxygens (including phenoxy) is 3. The van der Waals surface area contributed by atoms with Crippen LogP contribution in [0, 0.1) is 0 Å². The number of piperidine rings is 1. The first kappa shape index (κ1) is 26.3. The van der Waals surface area contributed by atoms with Crippen molar-refractivity contribution in [2.45, 2.75) is 64.1 Å². The number of carbonyl (C=O) groups is 1. The van der Waals surface area contributed by atoms with Gasteiger partial charge in [-0.25, -0.2) is 9.79 Å². The fourth-order valence-corrected chi connectivity index (χ4v) is 4.10. The van der Waals surface area contributed by atoms with Crippen LogP contribution in [0.3, 0.4) is 0 Å². The van der Waals surface area contributed by atoms with Gasteiger partial charge in [-0.1, -0.05) is 0 Å². The van der Waals surface area contributed by atoms with Crippen LogP contribution in [-0.4, -0.2) is 63.0 Å². The number of amides is 1. The van der Waals surface area contributed by atoms with E-state index in [1.54, 1.807) is 12.0 Å². The lowest BCUT2D eigenvalue weighted by atomic mass is 10.1. The minimum absolute atomic E-state index is 0. The highest BCUT2D eigenvalue weighted by molar-refractivity contribution is 14.0. The number of carbonyl (C=O) groups excluding carboxylic acids is 1. The van der Waals surface area contributed by atoms with Gasteiger partial charge < -0.3 is 29.7 Å². The standard InChI is InChI=1S/C23H36N4O4.HI/c1-4-24-22(26-18-11-13-27(14-12-18)23(28)30-3)25-16-17-9-10-20(29-2)15-21(17)31-19-7-5-6-8-19;/h9-10,15,18-19H,4-8,11-14,16H2,1-3H3,(H2,24,25,26);1H. The Morgan fingerprint density at radius 3 is 2.50 bits per heavy atom. The Balaban J connectivity index is 0.00000363. The summed E-state index contributed by atoms with van der Waals surface area (Å²) < 4.78 is 16.5. The second kappa shape index (κ2) is 13.6. The van der Waals surface area contributed by atoms with Crippen LogP contribution >= 0.6 is 24.0 Å². The molecule has 1 aromatic carbocycles. The SMILES string of the molecule is CCNC(=NCc1ccc(OC)cc1OC1CCCC1)NC1CCN(C(=O)OC)CC1.I. The molecule has 9 heteroatoms. The molecule has 0 bridgehead atoms. The topological polar surface area (TPSA) is 84.4 Å². The Morgan fingerprint density at radius 2 is 1.88 bits per heavy atom. The summed E-state index contributed by atoms with van der Waals surface area (Å²) in [6.45, 7) is 4.71. The van der Waals surface area contributed by atoms with Gasteiger partial charge in [-0.3, -0.25) is 0 Å². The number of aliphatic imine (C=N–C) groups is 1. The molecule has 1 heterocycles. The normalized spacial score (nSPS) is 17.5. The summed E-state index contributed by atoms with van der Waals surface area (Å²) in [6, 6.07) is 6.22. The van der Waals surface area contributed by atoms with Crippen LogP contribution in [0.5, 0.6) is 11.5 Å². The van der Waals surface area contributed by atoms with Gasteiger partial charge in [-0.2, -0.15) is 0 Å². The number of nitrogens with zero attached hydrogens (tertiary/aromatic N) is 2. The molecule has 0 spiro atoms. The van der Waals surface area contributed by atoms with E-state index in [0.717, 1.165) is 55.3 Å². The molecule has 1 saturated carbocycles. The van der Waals surface area contributed by atoms with E-state index in [9.17, 15) is 4.79 Å². The highest BCUT2D eigenvalue weighted by atomic mass is 127. The molecule has 0 aromatic heterocycles. The summed E-state index contributed by atoms with van der Waals surface area (Å²) in [5.74, 6) is 2.43. The Labute approximate surface area is 208 Å². The highest BCUT2D eigenvalue weighted by Gasteiger charge is 2.24. The van der Waals surface area contributed by atoms with E-state index in [0.29, 0.717) is 19.6 Å². The molecular formula is C23H37IN4O4.